The summed E-state index contributed by atoms with van der Waals surface area (Å²) in [6, 6.07) is 25.5. The van der Waals surface area contributed by atoms with E-state index in [0.29, 0.717) is 12.1 Å². The molecule has 0 aliphatic heterocycles. The Labute approximate surface area is 172 Å². The Morgan fingerprint density at radius 3 is 2.07 bits per heavy atom. The fourth-order valence-corrected chi connectivity index (χ4v) is 4.42. The molecule has 0 spiro atoms. The summed E-state index contributed by atoms with van der Waals surface area (Å²) in [6.07, 6.45) is 3.90. The Hall–Kier alpha value is -2.89. The molecule has 3 rings (SSSR count). The number of hydrogen-bond acceptors (Lipinski definition) is 3. The number of aliphatic hydroxyl groups is 1. The molecular weight excluding hydrogens is 382 g/mol. The van der Waals surface area contributed by atoms with Crippen LogP contribution in [0.25, 0.3) is 0 Å². The lowest BCUT2D eigenvalue weighted by molar-refractivity contribution is 0.266. The number of anilines is 1. The number of hydrogen-bond donors (Lipinski definition) is 1. The predicted octanol–water partition coefficient (Wildman–Crippen LogP) is 4.87. The average molecular weight is 408 g/mol. The topological polar surface area (TPSA) is 57.6 Å². The maximum absolute atomic E-state index is 13.3. The minimum absolute atomic E-state index is 0.00952. The Balaban J connectivity index is 1.90. The number of sulfonamides is 1. The lowest BCUT2D eigenvalue weighted by atomic mass is 9.97. The van der Waals surface area contributed by atoms with E-state index in [1.807, 2.05) is 43.3 Å². The molecule has 0 fully saturated rings. The van der Waals surface area contributed by atoms with Gasteiger partial charge >= 0.3 is 0 Å². The number of allylic oxidation sites excluding steroid dienone is 1. The first-order valence-electron chi connectivity index (χ1n) is 9.51. The summed E-state index contributed by atoms with van der Waals surface area (Å²) in [6.45, 7) is 1.91. The summed E-state index contributed by atoms with van der Waals surface area (Å²) < 4.78 is 27.9. The van der Waals surface area contributed by atoms with E-state index in [9.17, 15) is 13.5 Å². The molecule has 0 heterocycles. The zero-order chi connectivity index (χ0) is 20.7. The Bertz CT molecular complexity index is 1030. The normalized spacial score (nSPS) is 12.8. The highest BCUT2D eigenvalue weighted by Crippen LogP contribution is 2.25. The molecule has 3 aromatic rings. The molecule has 3 aromatic carbocycles. The molecule has 0 aromatic heterocycles. The first-order chi connectivity index (χ1) is 14.0. The number of aliphatic hydroxyl groups excluding tert-OH is 1. The van der Waals surface area contributed by atoms with Crippen molar-refractivity contribution in [3.63, 3.8) is 0 Å². The smallest absolute Gasteiger partial charge is 0.268 e. The molecule has 0 saturated heterocycles. The highest BCUT2D eigenvalue weighted by Gasteiger charge is 2.23. The van der Waals surface area contributed by atoms with Crippen LogP contribution in [0, 0.1) is 6.92 Å². The summed E-state index contributed by atoms with van der Waals surface area (Å²) in [7, 11) is -3.76. The van der Waals surface area contributed by atoms with E-state index in [1.165, 1.54) is 4.31 Å². The molecule has 1 N–H and O–H groups in total. The first kappa shape index (κ1) is 20.8. The van der Waals surface area contributed by atoms with Crippen LogP contribution < -0.4 is 4.31 Å². The van der Waals surface area contributed by atoms with Gasteiger partial charge in [-0.05, 0) is 43.2 Å². The van der Waals surface area contributed by atoms with Gasteiger partial charge in [-0.15, -0.1) is 0 Å². The van der Waals surface area contributed by atoms with E-state index in [0.717, 1.165) is 11.1 Å². The highest BCUT2D eigenvalue weighted by molar-refractivity contribution is 7.93. The molecule has 0 saturated carbocycles. The lowest BCUT2D eigenvalue weighted by Gasteiger charge is -2.21. The summed E-state index contributed by atoms with van der Waals surface area (Å²) in [5, 5.41) is 9.76. The number of benzene rings is 3. The molecule has 5 heteroatoms. The quantitative estimate of drug-likeness (QED) is 0.580. The number of rotatable bonds is 8. The molecular formula is C24H25NO3S. The van der Waals surface area contributed by atoms with E-state index in [-0.39, 0.29) is 17.4 Å². The van der Waals surface area contributed by atoms with Crippen LogP contribution in [0.3, 0.4) is 0 Å². The van der Waals surface area contributed by atoms with Crippen molar-refractivity contribution in [1.29, 1.82) is 0 Å². The van der Waals surface area contributed by atoms with Crippen molar-refractivity contribution in [1.82, 2.24) is 0 Å². The molecule has 150 valence electrons. The highest BCUT2D eigenvalue weighted by atomic mass is 32.2. The van der Waals surface area contributed by atoms with Crippen LogP contribution in [-0.4, -0.2) is 20.1 Å². The van der Waals surface area contributed by atoms with Crippen LogP contribution in [-0.2, 0) is 10.0 Å². The molecule has 0 aliphatic rings. The summed E-state index contributed by atoms with van der Waals surface area (Å²) in [5.41, 5.74) is 2.58. The maximum atomic E-state index is 13.3. The van der Waals surface area contributed by atoms with Gasteiger partial charge in [0.15, 0.2) is 0 Å². The fraction of sp³-hybridized carbons (Fsp3) is 0.167. The van der Waals surface area contributed by atoms with Crippen LogP contribution in [0.2, 0.25) is 0 Å². The molecule has 4 nitrogen and oxygen atoms in total. The third-order valence-corrected chi connectivity index (χ3v) is 6.46. The Morgan fingerprint density at radius 1 is 0.897 bits per heavy atom. The minimum atomic E-state index is -3.76. The maximum Gasteiger partial charge on any atom is 0.268 e. The van der Waals surface area contributed by atoms with E-state index >= 15 is 0 Å². The molecule has 29 heavy (non-hydrogen) atoms. The SMILES string of the molecule is Cc1ccc(S(=O)(=O)N(/C=C/CC(CO)c2ccccc2)c2ccccc2)cc1. The van der Waals surface area contributed by atoms with E-state index in [2.05, 4.69) is 0 Å². The van der Waals surface area contributed by atoms with Crippen LogP contribution in [0.15, 0.2) is 102 Å². The predicted molar refractivity (Wildman–Crippen MR) is 117 cm³/mol. The van der Waals surface area contributed by atoms with Crippen molar-refractivity contribution < 1.29 is 13.5 Å². The van der Waals surface area contributed by atoms with Gasteiger partial charge in [-0.3, -0.25) is 0 Å². The molecule has 1 unspecified atom stereocenters. The van der Waals surface area contributed by atoms with Gasteiger partial charge in [0.2, 0.25) is 0 Å². The minimum Gasteiger partial charge on any atom is -0.396 e. The zero-order valence-corrected chi connectivity index (χ0v) is 17.2. The van der Waals surface area contributed by atoms with Crippen molar-refractivity contribution in [2.24, 2.45) is 0 Å². The summed E-state index contributed by atoms with van der Waals surface area (Å²) >= 11 is 0. The van der Waals surface area contributed by atoms with Crippen LogP contribution >= 0.6 is 0 Å². The third-order valence-electron chi connectivity index (χ3n) is 4.74. The van der Waals surface area contributed by atoms with E-state index in [4.69, 9.17) is 0 Å². The standard InChI is InChI=1S/C24H25NO3S/c1-20-14-16-24(17-15-20)29(27,28)25(23-12-6-3-7-13-23)18-8-11-22(19-26)21-9-4-2-5-10-21/h2-10,12-18,22,26H,11,19H2,1H3/b18-8+. The summed E-state index contributed by atoms with van der Waals surface area (Å²) in [4.78, 5) is 0.235. The molecule has 0 bridgehead atoms. The second kappa shape index (κ2) is 9.54. The molecule has 1 atom stereocenters. The monoisotopic (exact) mass is 407 g/mol. The number of aryl methyl sites for hydroxylation is 1. The lowest BCUT2D eigenvalue weighted by Crippen LogP contribution is -2.25. The number of nitrogens with zero attached hydrogens (tertiary/aromatic N) is 1. The van der Waals surface area contributed by atoms with Gasteiger partial charge in [0.05, 0.1) is 17.2 Å². The molecule has 0 radical (unpaired) electrons. The summed E-state index contributed by atoms with van der Waals surface area (Å²) in [5.74, 6) is -0.0906. The second-order valence-corrected chi connectivity index (χ2v) is 8.68. The van der Waals surface area contributed by atoms with Crippen LogP contribution in [0.5, 0.6) is 0 Å². The first-order valence-corrected chi connectivity index (χ1v) is 10.9. The van der Waals surface area contributed by atoms with Gasteiger partial charge in [0.1, 0.15) is 0 Å². The van der Waals surface area contributed by atoms with E-state index < -0.39 is 10.0 Å². The van der Waals surface area contributed by atoms with Gasteiger partial charge in [0, 0.05) is 12.1 Å². The third kappa shape index (κ3) is 5.13. The zero-order valence-electron chi connectivity index (χ0n) is 16.3. The van der Waals surface area contributed by atoms with Crippen LogP contribution in [0.4, 0.5) is 5.69 Å². The Kier molecular flexibility index (Phi) is 6.86. The van der Waals surface area contributed by atoms with Gasteiger partial charge in [-0.1, -0.05) is 72.3 Å². The van der Waals surface area contributed by atoms with Crippen molar-refractivity contribution in [2.45, 2.75) is 24.2 Å². The molecule has 0 aliphatic carbocycles. The van der Waals surface area contributed by atoms with Gasteiger partial charge in [-0.2, -0.15) is 0 Å². The Morgan fingerprint density at radius 2 is 1.48 bits per heavy atom. The van der Waals surface area contributed by atoms with E-state index in [1.54, 1.807) is 60.8 Å². The van der Waals surface area contributed by atoms with Crippen molar-refractivity contribution >= 4 is 15.7 Å². The largest absolute Gasteiger partial charge is 0.396 e. The van der Waals surface area contributed by atoms with Crippen molar-refractivity contribution in [3.05, 3.63) is 108 Å². The van der Waals surface area contributed by atoms with Gasteiger partial charge in [-0.25, -0.2) is 12.7 Å². The molecule has 0 amide bonds. The van der Waals surface area contributed by atoms with Crippen molar-refractivity contribution in [2.75, 3.05) is 10.9 Å². The van der Waals surface area contributed by atoms with Gasteiger partial charge < -0.3 is 5.11 Å². The van der Waals surface area contributed by atoms with Gasteiger partial charge in [0.25, 0.3) is 10.0 Å². The van der Waals surface area contributed by atoms with Crippen molar-refractivity contribution in [3.8, 4) is 0 Å². The fourth-order valence-electron chi connectivity index (χ4n) is 3.07. The van der Waals surface area contributed by atoms with Crippen LogP contribution in [0.1, 0.15) is 23.5 Å². The average Bonchev–Trinajstić information content (AvgIpc) is 2.75. The number of para-hydroxylation sites is 1. The second-order valence-electron chi connectivity index (χ2n) is 6.86.